The van der Waals surface area contributed by atoms with Crippen molar-refractivity contribution >= 4 is 5.97 Å². The van der Waals surface area contributed by atoms with Gasteiger partial charge in [-0.2, -0.15) is 0 Å². The van der Waals surface area contributed by atoms with Gasteiger partial charge in [-0.25, -0.2) is 0 Å². The average Bonchev–Trinajstić information content (AvgIpc) is 2.52. The van der Waals surface area contributed by atoms with Crippen LogP contribution >= 0.6 is 0 Å². The van der Waals surface area contributed by atoms with Gasteiger partial charge >= 0.3 is 5.97 Å². The van der Waals surface area contributed by atoms with Crippen molar-refractivity contribution in [3.05, 3.63) is 0 Å². The Labute approximate surface area is 117 Å². The lowest BCUT2D eigenvalue weighted by Crippen LogP contribution is -2.53. The second kappa shape index (κ2) is 6.71. The van der Waals surface area contributed by atoms with Gasteiger partial charge in [-0.05, 0) is 40.7 Å². The van der Waals surface area contributed by atoms with Gasteiger partial charge in [0.1, 0.15) is 5.60 Å². The maximum Gasteiger partial charge on any atom is 0.320 e. The molecule has 4 heteroatoms. The van der Waals surface area contributed by atoms with Crippen molar-refractivity contribution in [2.75, 3.05) is 20.1 Å². The lowest BCUT2D eigenvalue weighted by atomic mass is 9.88. The van der Waals surface area contributed by atoms with Gasteiger partial charge in [-0.1, -0.05) is 25.7 Å². The van der Waals surface area contributed by atoms with Crippen LogP contribution in [0.25, 0.3) is 0 Å². The van der Waals surface area contributed by atoms with E-state index in [1.54, 1.807) is 0 Å². The van der Waals surface area contributed by atoms with Gasteiger partial charge < -0.3 is 10.5 Å². The van der Waals surface area contributed by atoms with Crippen LogP contribution in [0, 0.1) is 0 Å². The highest BCUT2D eigenvalue weighted by Gasteiger charge is 2.35. The molecule has 1 rings (SSSR count). The van der Waals surface area contributed by atoms with Crippen molar-refractivity contribution < 1.29 is 9.53 Å². The summed E-state index contributed by atoms with van der Waals surface area (Å²) in [6, 6.07) is 0. The summed E-state index contributed by atoms with van der Waals surface area (Å²) in [4.78, 5) is 14.1. The Balaban J connectivity index is 2.62. The molecule has 0 aliphatic heterocycles. The highest BCUT2D eigenvalue weighted by Crippen LogP contribution is 2.31. The molecule has 0 amide bonds. The first-order valence-corrected chi connectivity index (χ1v) is 7.42. The third-order valence-electron chi connectivity index (χ3n) is 4.01. The molecule has 0 spiro atoms. The maximum atomic E-state index is 12.0. The number of carbonyl (C=O) groups excluding carboxylic acids is 1. The minimum atomic E-state index is -0.419. The number of carbonyl (C=O) groups is 1. The minimum absolute atomic E-state index is 0.0204. The van der Waals surface area contributed by atoms with Crippen LogP contribution in [0.4, 0.5) is 0 Å². The molecule has 0 unspecified atom stereocenters. The molecule has 1 saturated carbocycles. The zero-order valence-electron chi connectivity index (χ0n) is 13.0. The Morgan fingerprint density at radius 1 is 1.21 bits per heavy atom. The lowest BCUT2D eigenvalue weighted by Gasteiger charge is -2.40. The SMILES string of the molecule is CN(CC(=O)OC(C)(C)C)C1(CN)CCCCCC1. The van der Waals surface area contributed by atoms with E-state index in [0.717, 1.165) is 12.8 Å². The third kappa shape index (κ3) is 5.11. The largest absolute Gasteiger partial charge is 0.459 e. The average molecular weight is 270 g/mol. The summed E-state index contributed by atoms with van der Waals surface area (Å²) in [5, 5.41) is 0. The topological polar surface area (TPSA) is 55.6 Å². The summed E-state index contributed by atoms with van der Waals surface area (Å²) < 4.78 is 5.40. The minimum Gasteiger partial charge on any atom is -0.459 e. The summed E-state index contributed by atoms with van der Waals surface area (Å²) in [5.74, 6) is -0.160. The van der Waals surface area contributed by atoms with E-state index in [-0.39, 0.29) is 11.5 Å². The number of likely N-dealkylation sites (N-methyl/N-ethyl adjacent to an activating group) is 1. The van der Waals surface area contributed by atoms with Crippen molar-refractivity contribution in [3.63, 3.8) is 0 Å². The van der Waals surface area contributed by atoms with Crippen LogP contribution in [-0.2, 0) is 9.53 Å². The molecule has 1 aliphatic rings. The van der Waals surface area contributed by atoms with Gasteiger partial charge in [0.25, 0.3) is 0 Å². The molecule has 4 nitrogen and oxygen atoms in total. The molecule has 0 aromatic heterocycles. The molecular weight excluding hydrogens is 240 g/mol. The molecule has 0 aromatic rings. The maximum absolute atomic E-state index is 12.0. The smallest absolute Gasteiger partial charge is 0.320 e. The zero-order chi connectivity index (χ0) is 14.5. The van der Waals surface area contributed by atoms with Crippen LogP contribution in [0.2, 0.25) is 0 Å². The van der Waals surface area contributed by atoms with E-state index in [4.69, 9.17) is 10.5 Å². The van der Waals surface area contributed by atoms with Crippen molar-refractivity contribution in [3.8, 4) is 0 Å². The predicted molar refractivity (Wildman–Crippen MR) is 78.0 cm³/mol. The molecule has 1 fully saturated rings. The van der Waals surface area contributed by atoms with Gasteiger partial charge in [0.2, 0.25) is 0 Å². The molecule has 0 bridgehead atoms. The Morgan fingerprint density at radius 2 is 1.74 bits per heavy atom. The van der Waals surface area contributed by atoms with Gasteiger partial charge in [0, 0.05) is 12.1 Å². The predicted octanol–water partition coefficient (Wildman–Crippen LogP) is 2.31. The van der Waals surface area contributed by atoms with Crippen molar-refractivity contribution in [2.24, 2.45) is 5.73 Å². The van der Waals surface area contributed by atoms with Crippen LogP contribution in [0.15, 0.2) is 0 Å². The number of hydrogen-bond acceptors (Lipinski definition) is 4. The Bertz CT molecular complexity index is 289. The normalized spacial score (nSPS) is 20.1. The summed E-state index contributed by atoms with van der Waals surface area (Å²) in [7, 11) is 2.00. The van der Waals surface area contributed by atoms with E-state index in [1.807, 2.05) is 27.8 Å². The highest BCUT2D eigenvalue weighted by molar-refractivity contribution is 5.72. The van der Waals surface area contributed by atoms with Crippen molar-refractivity contribution in [1.29, 1.82) is 0 Å². The molecule has 0 saturated heterocycles. The summed E-state index contributed by atoms with van der Waals surface area (Å²) in [6.45, 7) is 6.64. The number of nitrogens with zero attached hydrogens (tertiary/aromatic N) is 1. The third-order valence-corrected chi connectivity index (χ3v) is 4.01. The van der Waals surface area contributed by atoms with Crippen LogP contribution in [0.1, 0.15) is 59.3 Å². The van der Waals surface area contributed by atoms with E-state index in [1.165, 1.54) is 25.7 Å². The van der Waals surface area contributed by atoms with E-state index >= 15 is 0 Å². The van der Waals surface area contributed by atoms with Gasteiger partial charge in [0.15, 0.2) is 0 Å². The second-order valence-corrected chi connectivity index (χ2v) is 6.79. The quantitative estimate of drug-likeness (QED) is 0.629. The van der Waals surface area contributed by atoms with E-state index in [2.05, 4.69) is 4.90 Å². The molecule has 0 heterocycles. The van der Waals surface area contributed by atoms with Gasteiger partial charge in [-0.15, -0.1) is 0 Å². The Kier molecular flexibility index (Phi) is 5.81. The lowest BCUT2D eigenvalue weighted by molar-refractivity contribution is -0.157. The Morgan fingerprint density at radius 3 is 2.16 bits per heavy atom. The number of rotatable bonds is 4. The molecule has 19 heavy (non-hydrogen) atoms. The number of esters is 1. The standard InChI is InChI=1S/C15H30N2O2/c1-14(2,3)19-13(18)11-17(4)15(12-16)9-7-5-6-8-10-15/h5-12,16H2,1-4H3. The monoisotopic (exact) mass is 270 g/mol. The molecule has 1 aliphatic carbocycles. The van der Waals surface area contributed by atoms with Crippen LogP contribution < -0.4 is 5.73 Å². The number of ether oxygens (including phenoxy) is 1. The molecule has 2 N–H and O–H groups in total. The highest BCUT2D eigenvalue weighted by atomic mass is 16.6. The molecule has 112 valence electrons. The first-order chi connectivity index (χ1) is 8.79. The fourth-order valence-electron chi connectivity index (χ4n) is 2.86. The summed E-state index contributed by atoms with van der Waals surface area (Å²) in [5.41, 5.74) is 5.58. The van der Waals surface area contributed by atoms with Crippen LogP contribution in [0.5, 0.6) is 0 Å². The fraction of sp³-hybridized carbons (Fsp3) is 0.933. The molecular formula is C15H30N2O2. The van der Waals surface area contributed by atoms with Crippen LogP contribution in [-0.4, -0.2) is 42.1 Å². The molecule has 0 radical (unpaired) electrons. The zero-order valence-corrected chi connectivity index (χ0v) is 13.0. The fourth-order valence-corrected chi connectivity index (χ4v) is 2.86. The molecule has 0 aromatic carbocycles. The first-order valence-electron chi connectivity index (χ1n) is 7.42. The molecule has 0 atom stereocenters. The van der Waals surface area contributed by atoms with E-state index in [0.29, 0.717) is 13.1 Å². The van der Waals surface area contributed by atoms with E-state index < -0.39 is 5.60 Å². The second-order valence-electron chi connectivity index (χ2n) is 6.79. The van der Waals surface area contributed by atoms with Gasteiger partial charge in [0.05, 0.1) is 6.54 Å². The van der Waals surface area contributed by atoms with Gasteiger partial charge in [-0.3, -0.25) is 9.69 Å². The van der Waals surface area contributed by atoms with Crippen molar-refractivity contribution in [2.45, 2.75) is 70.4 Å². The number of nitrogens with two attached hydrogens (primary N) is 1. The summed E-state index contributed by atoms with van der Waals surface area (Å²) in [6.07, 6.45) is 7.14. The summed E-state index contributed by atoms with van der Waals surface area (Å²) >= 11 is 0. The first kappa shape index (κ1) is 16.4. The van der Waals surface area contributed by atoms with Crippen molar-refractivity contribution in [1.82, 2.24) is 4.90 Å². The Hall–Kier alpha value is -0.610. The van der Waals surface area contributed by atoms with E-state index in [9.17, 15) is 4.79 Å². The van der Waals surface area contributed by atoms with Crippen LogP contribution in [0.3, 0.4) is 0 Å². The number of hydrogen-bond donors (Lipinski definition) is 1.